The van der Waals surface area contributed by atoms with Crippen LogP contribution in [0.25, 0.3) is 10.4 Å². The van der Waals surface area contributed by atoms with E-state index in [-0.39, 0.29) is 18.8 Å². The average Bonchev–Trinajstić information content (AvgIpc) is 3.19. The summed E-state index contributed by atoms with van der Waals surface area (Å²) in [7, 11) is -0.439. The van der Waals surface area contributed by atoms with Crippen molar-refractivity contribution in [2.24, 2.45) is 5.11 Å². The lowest BCUT2D eigenvalue weighted by molar-refractivity contribution is 0.171. The van der Waals surface area contributed by atoms with Crippen molar-refractivity contribution in [2.45, 2.75) is 83.0 Å². The van der Waals surface area contributed by atoms with Crippen molar-refractivity contribution in [3.8, 4) is 17.2 Å². The molecule has 1 heterocycles. The Morgan fingerprint density at radius 3 is 2.35 bits per heavy atom. The van der Waals surface area contributed by atoms with Gasteiger partial charge in [-0.3, -0.25) is 0 Å². The molecule has 0 radical (unpaired) electrons. The predicted octanol–water partition coefficient (Wildman–Crippen LogP) is 7.06. The molecule has 1 aromatic rings. The lowest BCUT2D eigenvalue weighted by Gasteiger charge is -2.44. The van der Waals surface area contributed by atoms with E-state index in [0.29, 0.717) is 33.9 Å². The molecule has 0 amide bonds. The molecule has 0 spiro atoms. The van der Waals surface area contributed by atoms with Gasteiger partial charge < -0.3 is 18.6 Å². The minimum Gasteiger partial charge on any atom is -0.546 e. The Kier molecular flexibility index (Phi) is 7.12. The Hall–Kier alpha value is -2.31. The van der Waals surface area contributed by atoms with Crippen molar-refractivity contribution >= 4 is 8.32 Å². The minimum absolute atomic E-state index is 0.0277. The molecule has 1 aliphatic heterocycles. The Morgan fingerprint density at radius 2 is 1.77 bits per heavy atom. The van der Waals surface area contributed by atoms with E-state index >= 15 is 0 Å². The van der Waals surface area contributed by atoms with E-state index in [1.54, 1.807) is 7.11 Å². The monoisotopic (exact) mass is 445 g/mol. The number of benzene rings is 1. The summed E-state index contributed by atoms with van der Waals surface area (Å²) in [6, 6.07) is 3.62. The molecule has 170 valence electrons. The molecule has 0 fully saturated rings. The molecule has 0 aromatic heterocycles. The molecule has 0 N–H and O–H groups in total. The first kappa shape index (κ1) is 23.4. The van der Waals surface area contributed by atoms with Crippen LogP contribution in [0, 0.1) is 0 Å². The molecule has 2 atom stereocenters. The molecule has 1 aromatic carbocycles. The first-order valence-corrected chi connectivity index (χ1v) is 13.3. The Morgan fingerprint density at radius 1 is 1.10 bits per heavy atom. The molecular weight excluding hydrogens is 410 g/mol. The number of ether oxygens (including phenoxy) is 3. The first-order valence-electron chi connectivity index (χ1n) is 11.2. The van der Waals surface area contributed by atoms with Gasteiger partial charge >= 0.3 is 0 Å². The number of hydrogen-bond acceptors (Lipinski definition) is 5. The number of hydrogen-bond donors (Lipinski definition) is 0. The summed E-state index contributed by atoms with van der Waals surface area (Å²) in [5, 5.41) is 4.13. The summed E-state index contributed by atoms with van der Waals surface area (Å²) < 4.78 is 23.5. The van der Waals surface area contributed by atoms with E-state index in [1.807, 2.05) is 18.2 Å². The van der Waals surface area contributed by atoms with Gasteiger partial charge in [-0.05, 0) is 58.3 Å². The van der Waals surface area contributed by atoms with E-state index in [1.165, 1.54) is 0 Å². The van der Waals surface area contributed by atoms with E-state index in [4.69, 9.17) is 18.6 Å². The topological polar surface area (TPSA) is 85.7 Å². The second-order valence-corrected chi connectivity index (χ2v) is 14.7. The molecular formula is C23H35N3O4Si. The third-order valence-corrected chi connectivity index (χ3v) is 12.8. The van der Waals surface area contributed by atoms with Crippen molar-refractivity contribution in [1.82, 2.24) is 0 Å². The normalized spacial score (nSPS) is 20.6. The van der Waals surface area contributed by atoms with Crippen molar-refractivity contribution in [3.05, 3.63) is 40.0 Å². The van der Waals surface area contributed by atoms with Crippen LogP contribution in [0.1, 0.15) is 65.9 Å². The van der Waals surface area contributed by atoms with Crippen LogP contribution in [-0.2, 0) is 4.43 Å². The summed E-state index contributed by atoms with van der Waals surface area (Å²) >= 11 is 0. The van der Waals surface area contributed by atoms with E-state index in [2.05, 4.69) is 51.6 Å². The third kappa shape index (κ3) is 4.37. The second kappa shape index (κ2) is 9.45. The Labute approximate surface area is 186 Å². The maximum atomic E-state index is 9.25. The van der Waals surface area contributed by atoms with Crippen molar-refractivity contribution in [2.75, 3.05) is 13.9 Å². The van der Waals surface area contributed by atoms with Crippen LogP contribution in [0.5, 0.6) is 17.2 Å². The minimum atomic E-state index is -2.06. The van der Waals surface area contributed by atoms with Crippen molar-refractivity contribution in [3.63, 3.8) is 0 Å². The highest BCUT2D eigenvalue weighted by Gasteiger charge is 2.47. The zero-order valence-electron chi connectivity index (χ0n) is 19.7. The summed E-state index contributed by atoms with van der Waals surface area (Å²) in [5.41, 5.74) is 11.7. The highest BCUT2D eigenvalue weighted by Crippen LogP contribution is 2.48. The number of methoxy groups -OCH3 is 1. The van der Waals surface area contributed by atoms with Crippen LogP contribution in [-0.4, -0.2) is 28.3 Å². The predicted molar refractivity (Wildman–Crippen MR) is 124 cm³/mol. The van der Waals surface area contributed by atoms with Crippen LogP contribution in [0.2, 0.25) is 16.6 Å². The zero-order chi connectivity index (χ0) is 22.8. The molecule has 1 unspecified atom stereocenters. The van der Waals surface area contributed by atoms with Crippen LogP contribution >= 0.6 is 0 Å². The fourth-order valence-electron chi connectivity index (χ4n) is 5.43. The summed E-state index contributed by atoms with van der Waals surface area (Å²) in [6.07, 6.45) is 3.69. The van der Waals surface area contributed by atoms with Gasteiger partial charge in [-0.15, -0.1) is 0 Å². The average molecular weight is 446 g/mol. The second-order valence-electron chi connectivity index (χ2n) is 9.35. The number of rotatable bonds is 8. The lowest BCUT2D eigenvalue weighted by Crippen LogP contribution is -2.47. The number of allylic oxidation sites excluding steroid dienone is 1. The van der Waals surface area contributed by atoms with Gasteiger partial charge in [-0.25, -0.2) is 0 Å². The SMILES string of the molecule is COc1cc([C@@H]2CCC(O[Si](C(C)C)(C(C)C)C(C)C)=CC2N=[N+]=[N-])cc2c1OCO2. The van der Waals surface area contributed by atoms with Gasteiger partial charge in [0.1, 0.15) is 0 Å². The molecule has 0 bridgehead atoms. The van der Waals surface area contributed by atoms with Crippen LogP contribution in [0.15, 0.2) is 29.1 Å². The number of nitrogens with zero attached hydrogens (tertiary/aromatic N) is 3. The fraction of sp³-hybridized carbons (Fsp3) is 0.652. The van der Waals surface area contributed by atoms with E-state index in [0.717, 1.165) is 24.2 Å². The number of fused-ring (bicyclic) bond motifs is 1. The van der Waals surface area contributed by atoms with Gasteiger partial charge in [-0.2, -0.15) is 0 Å². The Bertz CT molecular complexity index is 856. The highest BCUT2D eigenvalue weighted by molar-refractivity contribution is 6.77. The third-order valence-electron chi connectivity index (χ3n) is 6.78. The smallest absolute Gasteiger partial charge is 0.258 e. The molecule has 1 aliphatic carbocycles. The van der Waals surface area contributed by atoms with Gasteiger partial charge in [0.15, 0.2) is 11.5 Å². The Balaban J connectivity index is 1.95. The molecule has 3 rings (SSSR count). The van der Waals surface area contributed by atoms with E-state index in [9.17, 15) is 5.53 Å². The van der Waals surface area contributed by atoms with Crippen LogP contribution in [0.3, 0.4) is 0 Å². The van der Waals surface area contributed by atoms with E-state index < -0.39 is 8.32 Å². The van der Waals surface area contributed by atoms with Gasteiger partial charge in [0.25, 0.3) is 8.32 Å². The zero-order valence-corrected chi connectivity index (χ0v) is 20.7. The van der Waals surface area contributed by atoms with Crippen LogP contribution < -0.4 is 14.2 Å². The maximum Gasteiger partial charge on any atom is 0.258 e. The van der Waals surface area contributed by atoms with Gasteiger partial charge in [0.05, 0.1) is 18.9 Å². The molecule has 2 aliphatic rings. The molecule has 7 nitrogen and oxygen atoms in total. The molecule has 8 heteroatoms. The highest BCUT2D eigenvalue weighted by atomic mass is 28.4. The fourth-order valence-corrected chi connectivity index (χ4v) is 10.8. The quantitative estimate of drug-likeness (QED) is 0.185. The van der Waals surface area contributed by atoms with Gasteiger partial charge in [0.2, 0.25) is 12.5 Å². The van der Waals surface area contributed by atoms with Crippen molar-refractivity contribution < 1.29 is 18.6 Å². The molecule has 31 heavy (non-hydrogen) atoms. The summed E-state index contributed by atoms with van der Waals surface area (Å²) in [4.78, 5) is 3.14. The largest absolute Gasteiger partial charge is 0.546 e. The molecule has 0 saturated heterocycles. The number of azide groups is 1. The first-order chi connectivity index (χ1) is 14.7. The lowest BCUT2D eigenvalue weighted by atomic mass is 9.83. The maximum absolute atomic E-state index is 9.25. The van der Waals surface area contributed by atoms with Crippen LogP contribution in [0.4, 0.5) is 0 Å². The van der Waals surface area contributed by atoms with Crippen molar-refractivity contribution in [1.29, 1.82) is 0 Å². The van der Waals surface area contributed by atoms with Gasteiger partial charge in [0, 0.05) is 11.3 Å². The summed E-state index contributed by atoms with van der Waals surface area (Å²) in [6.45, 7) is 13.9. The van der Waals surface area contributed by atoms with Gasteiger partial charge in [-0.1, -0.05) is 46.7 Å². The molecule has 0 saturated carbocycles. The summed E-state index contributed by atoms with van der Waals surface area (Å²) in [5.74, 6) is 2.94. The standard InChI is InChI=1S/C23H35N3O4Si/c1-14(2)31(15(3)4,16(5)6)30-18-8-9-19(20(12-18)25-26-24)17-10-21(27-7)23-22(11-17)28-13-29-23/h10-12,14-16,19-20H,8-9,13H2,1-7H3/t19-,20?/m0/s1.